The maximum Gasteiger partial charge on any atom is -0.0383 e. The summed E-state index contributed by atoms with van der Waals surface area (Å²) >= 11 is 0. The van der Waals surface area contributed by atoms with Crippen LogP contribution in [0.5, 0.6) is 0 Å². The molecule has 0 aliphatic heterocycles. The van der Waals surface area contributed by atoms with Crippen molar-refractivity contribution in [2.75, 3.05) is 0 Å². The minimum atomic E-state index is 0.920. The highest BCUT2D eigenvalue weighted by atomic mass is 14.1. The highest BCUT2D eigenvalue weighted by Crippen LogP contribution is 2.16. The van der Waals surface area contributed by atoms with E-state index in [1.165, 1.54) is 57.8 Å². The fourth-order valence-electron chi connectivity index (χ4n) is 1.79. The van der Waals surface area contributed by atoms with Crippen LogP contribution in [0.4, 0.5) is 0 Å². The predicted octanol–water partition coefficient (Wildman–Crippen LogP) is 5.38. The zero-order valence-electron chi connectivity index (χ0n) is 10.5. The van der Waals surface area contributed by atoms with Crippen molar-refractivity contribution in [1.29, 1.82) is 0 Å². The van der Waals surface area contributed by atoms with Crippen molar-refractivity contribution in [2.45, 2.75) is 78.6 Å². The van der Waals surface area contributed by atoms with E-state index in [-0.39, 0.29) is 0 Å². The molecule has 0 N–H and O–H groups in total. The molecule has 0 heterocycles. The van der Waals surface area contributed by atoms with Gasteiger partial charge in [0.15, 0.2) is 0 Å². The number of rotatable bonds is 10. The summed E-state index contributed by atoms with van der Waals surface area (Å²) in [7, 11) is 0. The Morgan fingerprint density at radius 1 is 0.929 bits per heavy atom. The van der Waals surface area contributed by atoms with E-state index in [1.807, 2.05) is 0 Å². The monoisotopic (exact) mass is 197 g/mol. The van der Waals surface area contributed by atoms with Crippen LogP contribution in [0, 0.1) is 12.3 Å². The fourth-order valence-corrected chi connectivity index (χ4v) is 1.79. The Morgan fingerprint density at radius 3 is 2.29 bits per heavy atom. The molecule has 0 saturated carbocycles. The predicted molar refractivity (Wildman–Crippen MR) is 66.4 cm³/mol. The third-order valence-electron chi connectivity index (χ3n) is 2.88. The van der Waals surface area contributed by atoms with E-state index >= 15 is 0 Å². The van der Waals surface area contributed by atoms with E-state index in [2.05, 4.69) is 27.2 Å². The molecule has 0 fully saturated rings. The lowest BCUT2D eigenvalue weighted by Crippen LogP contribution is -1.95. The zero-order chi connectivity index (χ0) is 10.6. The molecule has 0 spiro atoms. The molecule has 0 aliphatic rings. The quantitative estimate of drug-likeness (QED) is 0.413. The fraction of sp³-hybridized carbons (Fsp3) is 0.929. The first-order valence-electron chi connectivity index (χ1n) is 6.62. The van der Waals surface area contributed by atoms with Gasteiger partial charge >= 0.3 is 0 Å². The minimum absolute atomic E-state index is 0.920. The van der Waals surface area contributed by atoms with Gasteiger partial charge in [-0.05, 0) is 18.8 Å². The van der Waals surface area contributed by atoms with Crippen molar-refractivity contribution < 1.29 is 0 Å². The summed E-state index contributed by atoms with van der Waals surface area (Å²) in [5.74, 6) is 0.920. The Labute approximate surface area is 91.5 Å². The highest BCUT2D eigenvalue weighted by Gasteiger charge is 2.01. The lowest BCUT2D eigenvalue weighted by Gasteiger charge is -2.10. The molecule has 0 nitrogen and oxygen atoms in total. The van der Waals surface area contributed by atoms with Crippen molar-refractivity contribution in [2.24, 2.45) is 5.92 Å². The number of unbranched alkanes of at least 4 members (excludes halogenated alkanes) is 6. The van der Waals surface area contributed by atoms with Crippen LogP contribution in [0.1, 0.15) is 78.6 Å². The first-order valence-corrected chi connectivity index (χ1v) is 6.62. The van der Waals surface area contributed by atoms with Gasteiger partial charge in [-0.25, -0.2) is 0 Å². The summed E-state index contributed by atoms with van der Waals surface area (Å²) in [6.07, 6.45) is 15.0. The Balaban J connectivity index is 3.07. The third kappa shape index (κ3) is 10.1. The van der Waals surface area contributed by atoms with Gasteiger partial charge in [0.2, 0.25) is 0 Å². The summed E-state index contributed by atoms with van der Waals surface area (Å²) in [6, 6.07) is 0. The molecule has 0 aromatic carbocycles. The van der Waals surface area contributed by atoms with Gasteiger partial charge in [-0.1, -0.05) is 72.1 Å². The first kappa shape index (κ1) is 14.0. The SMILES string of the molecule is CCCC[CH]CC(C)CCCCCC. The van der Waals surface area contributed by atoms with Gasteiger partial charge in [0.05, 0.1) is 0 Å². The molecular weight excluding hydrogens is 168 g/mol. The van der Waals surface area contributed by atoms with Crippen LogP contribution in [0.2, 0.25) is 0 Å². The van der Waals surface area contributed by atoms with Crippen molar-refractivity contribution in [3.05, 3.63) is 6.42 Å². The third-order valence-corrected chi connectivity index (χ3v) is 2.88. The molecule has 1 atom stereocenters. The van der Waals surface area contributed by atoms with Crippen molar-refractivity contribution in [1.82, 2.24) is 0 Å². The van der Waals surface area contributed by atoms with Crippen LogP contribution in [0.25, 0.3) is 0 Å². The van der Waals surface area contributed by atoms with Crippen molar-refractivity contribution >= 4 is 0 Å². The van der Waals surface area contributed by atoms with Gasteiger partial charge in [-0.2, -0.15) is 0 Å². The molecule has 0 aromatic heterocycles. The summed E-state index contributed by atoms with van der Waals surface area (Å²) in [5, 5.41) is 0. The van der Waals surface area contributed by atoms with E-state index in [0.717, 1.165) is 5.92 Å². The molecule has 0 heteroatoms. The summed E-state index contributed by atoms with van der Waals surface area (Å²) < 4.78 is 0. The van der Waals surface area contributed by atoms with Crippen molar-refractivity contribution in [3.63, 3.8) is 0 Å². The van der Waals surface area contributed by atoms with Crippen LogP contribution < -0.4 is 0 Å². The molecule has 85 valence electrons. The first-order chi connectivity index (χ1) is 6.81. The van der Waals surface area contributed by atoms with E-state index in [4.69, 9.17) is 0 Å². The summed E-state index contributed by atoms with van der Waals surface area (Å²) in [6.45, 7) is 6.94. The molecule has 0 bridgehead atoms. The molecule has 14 heavy (non-hydrogen) atoms. The lowest BCUT2D eigenvalue weighted by atomic mass is 9.96. The van der Waals surface area contributed by atoms with Gasteiger partial charge < -0.3 is 0 Å². The maximum atomic E-state index is 2.49. The summed E-state index contributed by atoms with van der Waals surface area (Å²) in [4.78, 5) is 0. The molecule has 1 radical (unpaired) electrons. The second kappa shape index (κ2) is 11.1. The molecular formula is C14H29. The molecule has 0 aromatic rings. The second-order valence-electron chi connectivity index (χ2n) is 4.62. The van der Waals surface area contributed by atoms with E-state index < -0.39 is 0 Å². The van der Waals surface area contributed by atoms with E-state index in [9.17, 15) is 0 Å². The standard InChI is InChI=1S/C14H29/c1-4-6-8-10-12-14(3)13-11-9-7-5-2/h10,14H,4-9,11-13H2,1-3H3. The molecule has 0 saturated heterocycles. The van der Waals surface area contributed by atoms with Crippen LogP contribution in [-0.2, 0) is 0 Å². The highest BCUT2D eigenvalue weighted by molar-refractivity contribution is 4.68. The Hall–Kier alpha value is 0. The molecule has 1 unspecified atom stereocenters. The van der Waals surface area contributed by atoms with Crippen LogP contribution in [0.3, 0.4) is 0 Å². The topological polar surface area (TPSA) is 0 Å². The summed E-state index contributed by atoms with van der Waals surface area (Å²) in [5.41, 5.74) is 0. The van der Waals surface area contributed by atoms with Crippen molar-refractivity contribution in [3.8, 4) is 0 Å². The number of hydrogen-bond donors (Lipinski definition) is 0. The van der Waals surface area contributed by atoms with Crippen LogP contribution in [-0.4, -0.2) is 0 Å². The zero-order valence-corrected chi connectivity index (χ0v) is 10.5. The van der Waals surface area contributed by atoms with Gasteiger partial charge in [0, 0.05) is 0 Å². The number of hydrogen-bond acceptors (Lipinski definition) is 0. The van der Waals surface area contributed by atoms with Gasteiger partial charge in [0.1, 0.15) is 0 Å². The van der Waals surface area contributed by atoms with Crippen LogP contribution in [0.15, 0.2) is 0 Å². The Bertz CT molecular complexity index is 84.2. The lowest BCUT2D eigenvalue weighted by molar-refractivity contribution is 0.476. The largest absolute Gasteiger partial charge is 0.0654 e. The molecule has 0 amide bonds. The Kier molecular flexibility index (Phi) is 11.1. The van der Waals surface area contributed by atoms with Gasteiger partial charge in [-0.3, -0.25) is 0 Å². The van der Waals surface area contributed by atoms with Gasteiger partial charge in [0.25, 0.3) is 0 Å². The molecule has 0 rings (SSSR count). The average molecular weight is 197 g/mol. The Morgan fingerprint density at radius 2 is 1.64 bits per heavy atom. The van der Waals surface area contributed by atoms with E-state index in [0.29, 0.717) is 0 Å². The van der Waals surface area contributed by atoms with Crippen LogP contribution >= 0.6 is 0 Å². The van der Waals surface area contributed by atoms with E-state index in [1.54, 1.807) is 0 Å². The molecule has 0 aliphatic carbocycles. The smallest absolute Gasteiger partial charge is 0.0383 e. The van der Waals surface area contributed by atoms with Gasteiger partial charge in [-0.15, -0.1) is 0 Å². The average Bonchev–Trinajstić information content (AvgIpc) is 2.19. The second-order valence-corrected chi connectivity index (χ2v) is 4.62. The maximum absolute atomic E-state index is 2.49. The minimum Gasteiger partial charge on any atom is -0.0654 e. The normalized spacial score (nSPS) is 11.1.